The number of aromatic amines is 1. The number of phenolic OH excluding ortho intramolecular Hbond substituents is 1. The lowest BCUT2D eigenvalue weighted by Crippen LogP contribution is -2.22. The Kier molecular flexibility index (Phi) is 3.15. The Labute approximate surface area is 149 Å². The molecule has 0 fully saturated rings. The summed E-state index contributed by atoms with van der Waals surface area (Å²) in [4.78, 5) is 7.77. The molecule has 1 unspecified atom stereocenters. The third-order valence-corrected chi connectivity index (χ3v) is 5.32. The summed E-state index contributed by atoms with van der Waals surface area (Å²) in [6.07, 6.45) is 10.2. The molecule has 0 saturated heterocycles. The van der Waals surface area contributed by atoms with Crippen molar-refractivity contribution >= 4 is 28.2 Å². The highest BCUT2D eigenvalue weighted by Crippen LogP contribution is 2.42. The second-order valence-electron chi connectivity index (χ2n) is 6.44. The molecule has 0 bridgehead atoms. The summed E-state index contributed by atoms with van der Waals surface area (Å²) in [5.74, 6) is 0.171. The first-order valence-corrected chi connectivity index (χ1v) is 8.71. The number of rotatable bonds is 1. The number of H-pyrrole nitrogens is 1. The van der Waals surface area contributed by atoms with Crippen molar-refractivity contribution in [3.63, 3.8) is 0 Å². The van der Waals surface area contributed by atoms with Crippen molar-refractivity contribution in [3.05, 3.63) is 76.2 Å². The molecule has 1 aliphatic heterocycles. The minimum atomic E-state index is -0.0937. The van der Waals surface area contributed by atoms with Crippen LogP contribution in [0.2, 0.25) is 5.02 Å². The van der Waals surface area contributed by atoms with Gasteiger partial charge in [0, 0.05) is 39.6 Å². The topological polar surface area (TPSA) is 60.9 Å². The number of benzene rings is 1. The molecular weight excluding hydrogens is 334 g/mol. The molecule has 3 aromatic rings. The zero-order valence-electron chi connectivity index (χ0n) is 13.4. The van der Waals surface area contributed by atoms with Gasteiger partial charge in [-0.05, 0) is 42.2 Å². The zero-order chi connectivity index (χ0) is 17.0. The smallest absolute Gasteiger partial charge is 0.138 e. The van der Waals surface area contributed by atoms with E-state index in [2.05, 4.69) is 33.5 Å². The highest BCUT2D eigenvalue weighted by Gasteiger charge is 2.28. The van der Waals surface area contributed by atoms with Gasteiger partial charge in [-0.3, -0.25) is 0 Å². The van der Waals surface area contributed by atoms with Crippen LogP contribution in [-0.4, -0.2) is 15.1 Å². The van der Waals surface area contributed by atoms with Crippen molar-refractivity contribution in [2.45, 2.75) is 18.9 Å². The summed E-state index contributed by atoms with van der Waals surface area (Å²) in [5, 5.41) is 15.1. The maximum absolute atomic E-state index is 9.71. The van der Waals surface area contributed by atoms with Crippen LogP contribution in [0.4, 0.5) is 0 Å². The number of fused-ring (bicyclic) bond motifs is 1. The second-order valence-corrected chi connectivity index (χ2v) is 6.85. The Morgan fingerprint density at radius 2 is 2.12 bits per heavy atom. The van der Waals surface area contributed by atoms with Gasteiger partial charge in [0.25, 0.3) is 0 Å². The maximum Gasteiger partial charge on any atom is 0.138 e. The molecule has 5 rings (SSSR count). The van der Waals surface area contributed by atoms with Crippen LogP contribution in [0.3, 0.4) is 0 Å². The average molecular weight is 350 g/mol. The van der Waals surface area contributed by atoms with Crippen LogP contribution in [0.25, 0.3) is 16.6 Å². The minimum Gasteiger partial charge on any atom is -0.508 e. The first kappa shape index (κ1) is 14.6. The molecule has 3 heterocycles. The van der Waals surface area contributed by atoms with Crippen LogP contribution in [0, 0.1) is 0 Å². The van der Waals surface area contributed by atoms with E-state index < -0.39 is 0 Å². The Hall–Kier alpha value is -2.72. The summed E-state index contributed by atoms with van der Waals surface area (Å²) in [5.41, 5.74) is 6.57. The van der Waals surface area contributed by atoms with Crippen LogP contribution in [0.1, 0.15) is 35.6 Å². The molecule has 2 aliphatic rings. The van der Waals surface area contributed by atoms with Crippen molar-refractivity contribution in [1.82, 2.24) is 15.3 Å². The highest BCUT2D eigenvalue weighted by atomic mass is 35.5. The van der Waals surface area contributed by atoms with E-state index >= 15 is 0 Å². The molecule has 0 radical (unpaired) electrons. The summed E-state index contributed by atoms with van der Waals surface area (Å²) < 4.78 is 0. The fourth-order valence-electron chi connectivity index (χ4n) is 3.85. The summed E-state index contributed by atoms with van der Waals surface area (Å²) in [7, 11) is 0. The number of allylic oxidation sites excluding steroid dienone is 4. The minimum absolute atomic E-state index is 0.0937. The lowest BCUT2D eigenvalue weighted by Gasteiger charge is -2.23. The van der Waals surface area contributed by atoms with Gasteiger partial charge in [-0.25, -0.2) is 4.98 Å². The summed E-state index contributed by atoms with van der Waals surface area (Å²) >= 11 is 6.46. The molecule has 124 valence electrons. The first-order chi connectivity index (χ1) is 12.2. The second kappa shape index (κ2) is 5.39. The van der Waals surface area contributed by atoms with E-state index in [0.717, 1.165) is 35.0 Å². The van der Waals surface area contributed by atoms with Gasteiger partial charge in [0.05, 0.1) is 6.04 Å². The van der Waals surface area contributed by atoms with Crippen LogP contribution in [-0.2, 0) is 0 Å². The molecule has 4 nitrogen and oxygen atoms in total. The fraction of sp³-hybridized carbons (Fsp3) is 0.150. The van der Waals surface area contributed by atoms with Gasteiger partial charge in [0.2, 0.25) is 0 Å². The Bertz CT molecular complexity index is 1060. The van der Waals surface area contributed by atoms with E-state index in [0.29, 0.717) is 5.02 Å². The van der Waals surface area contributed by atoms with E-state index in [9.17, 15) is 5.11 Å². The predicted octanol–water partition coefficient (Wildman–Crippen LogP) is 4.68. The molecule has 2 aromatic heterocycles. The third kappa shape index (κ3) is 2.18. The Morgan fingerprint density at radius 3 is 3.00 bits per heavy atom. The number of halogens is 1. The van der Waals surface area contributed by atoms with Gasteiger partial charge >= 0.3 is 0 Å². The van der Waals surface area contributed by atoms with E-state index in [4.69, 9.17) is 11.6 Å². The van der Waals surface area contributed by atoms with Crippen molar-refractivity contribution in [2.24, 2.45) is 0 Å². The van der Waals surface area contributed by atoms with E-state index in [-0.39, 0.29) is 11.8 Å². The van der Waals surface area contributed by atoms with Gasteiger partial charge in [0.15, 0.2) is 0 Å². The number of hydrogen-bond acceptors (Lipinski definition) is 3. The molecule has 25 heavy (non-hydrogen) atoms. The SMILES string of the molecule is Oc1ccc(C2NC3=C(C=CCC3)c3ccnc4[nH]cc2c34)c(Cl)c1. The van der Waals surface area contributed by atoms with E-state index in [1.165, 1.54) is 16.8 Å². The lowest BCUT2D eigenvalue weighted by molar-refractivity contribution is 0.475. The number of nitrogens with one attached hydrogen (secondary N) is 2. The Morgan fingerprint density at radius 1 is 1.20 bits per heavy atom. The van der Waals surface area contributed by atoms with Crippen molar-refractivity contribution in [3.8, 4) is 5.75 Å². The quantitative estimate of drug-likeness (QED) is 0.598. The molecule has 1 atom stereocenters. The largest absolute Gasteiger partial charge is 0.508 e. The number of pyridine rings is 1. The standard InChI is InChI=1S/C20H16ClN3O/c21-16-9-11(25)5-6-14(16)19-15-10-23-20-18(15)13(7-8-22-20)12-3-1-2-4-17(12)24-19/h1,3,5-10,19,24-25H,2,4H2,(H,22,23). The molecule has 3 N–H and O–H groups in total. The molecule has 1 aliphatic carbocycles. The van der Waals surface area contributed by atoms with Crippen molar-refractivity contribution in [1.29, 1.82) is 0 Å². The van der Waals surface area contributed by atoms with Crippen LogP contribution in [0.5, 0.6) is 5.75 Å². The Balaban J connectivity index is 1.81. The van der Waals surface area contributed by atoms with Gasteiger partial charge in [-0.2, -0.15) is 0 Å². The van der Waals surface area contributed by atoms with Crippen LogP contribution >= 0.6 is 11.6 Å². The monoisotopic (exact) mass is 349 g/mol. The number of hydrogen-bond donors (Lipinski definition) is 3. The third-order valence-electron chi connectivity index (χ3n) is 4.99. The van der Waals surface area contributed by atoms with Crippen LogP contribution < -0.4 is 5.32 Å². The number of aromatic nitrogens is 2. The van der Waals surface area contributed by atoms with E-state index in [1.54, 1.807) is 12.1 Å². The molecule has 0 spiro atoms. The molecular formula is C20H16ClN3O. The number of nitrogens with zero attached hydrogens (tertiary/aromatic N) is 1. The van der Waals surface area contributed by atoms with Crippen molar-refractivity contribution < 1.29 is 5.11 Å². The van der Waals surface area contributed by atoms with Gasteiger partial charge in [-0.15, -0.1) is 0 Å². The normalized spacial score (nSPS) is 18.8. The molecule has 1 aromatic carbocycles. The van der Waals surface area contributed by atoms with Gasteiger partial charge < -0.3 is 15.4 Å². The van der Waals surface area contributed by atoms with Crippen LogP contribution in [0.15, 0.2) is 54.5 Å². The molecule has 5 heteroatoms. The highest BCUT2D eigenvalue weighted by molar-refractivity contribution is 6.31. The first-order valence-electron chi connectivity index (χ1n) is 8.33. The predicted molar refractivity (Wildman–Crippen MR) is 99.5 cm³/mol. The van der Waals surface area contributed by atoms with E-state index in [1.807, 2.05) is 18.5 Å². The molecule has 0 amide bonds. The lowest BCUT2D eigenvalue weighted by atomic mass is 9.95. The zero-order valence-corrected chi connectivity index (χ0v) is 14.1. The van der Waals surface area contributed by atoms with Gasteiger partial charge in [-0.1, -0.05) is 29.8 Å². The summed E-state index contributed by atoms with van der Waals surface area (Å²) in [6.45, 7) is 0. The van der Waals surface area contributed by atoms with Crippen molar-refractivity contribution in [2.75, 3.05) is 0 Å². The van der Waals surface area contributed by atoms with Gasteiger partial charge in [0.1, 0.15) is 11.4 Å². The summed E-state index contributed by atoms with van der Waals surface area (Å²) in [6, 6.07) is 7.14. The fourth-order valence-corrected chi connectivity index (χ4v) is 4.13. The average Bonchev–Trinajstić information content (AvgIpc) is 2.98. The maximum atomic E-state index is 9.71. The molecule has 0 saturated carbocycles. The number of aromatic hydroxyl groups is 1. The number of phenols is 1.